The molecular weight excluding hydrogens is 414 g/mol. The van der Waals surface area contributed by atoms with Gasteiger partial charge in [-0.25, -0.2) is 0 Å². The number of benzene rings is 2. The molecule has 0 radical (unpaired) electrons. The summed E-state index contributed by atoms with van der Waals surface area (Å²) in [5.74, 6) is 0.802. The normalized spacial score (nSPS) is 11.7. The van der Waals surface area contributed by atoms with E-state index in [1.807, 2.05) is 36.4 Å². The average Bonchev–Trinajstić information content (AvgIpc) is 2.48. The fourth-order valence-electron chi connectivity index (χ4n) is 2.29. The highest BCUT2D eigenvalue weighted by atomic mass is 79.9. The average molecular weight is 427 g/mol. The van der Waals surface area contributed by atoms with Gasteiger partial charge in [0.1, 0.15) is 0 Å². The first-order chi connectivity index (χ1) is 10.0. The molecule has 2 aromatic rings. The predicted octanol–water partition coefficient (Wildman–Crippen LogP) is 6.71. The predicted molar refractivity (Wildman–Crippen MR) is 97.4 cm³/mol. The first-order valence-corrected chi connectivity index (χ1v) is 8.95. The molecular formula is C16H13BrCl4. The van der Waals surface area contributed by atoms with Crippen LogP contribution in [0.25, 0.3) is 0 Å². The van der Waals surface area contributed by atoms with Crippen molar-refractivity contribution in [2.75, 3.05) is 11.8 Å². The van der Waals surface area contributed by atoms with E-state index >= 15 is 0 Å². The second-order valence-corrected chi connectivity index (χ2v) is 7.17. The molecule has 0 saturated heterocycles. The van der Waals surface area contributed by atoms with Crippen LogP contribution in [0.5, 0.6) is 0 Å². The van der Waals surface area contributed by atoms with Gasteiger partial charge in [0.15, 0.2) is 0 Å². The number of hydrogen-bond acceptors (Lipinski definition) is 0. The summed E-state index contributed by atoms with van der Waals surface area (Å²) in [4.78, 5) is 0. The zero-order valence-electron chi connectivity index (χ0n) is 11.1. The molecule has 0 amide bonds. The van der Waals surface area contributed by atoms with Crippen molar-refractivity contribution in [3.8, 4) is 0 Å². The summed E-state index contributed by atoms with van der Waals surface area (Å²) in [6.07, 6.45) is 0.651. The smallest absolute Gasteiger partial charge is 0.0453 e. The summed E-state index contributed by atoms with van der Waals surface area (Å²) < 4.78 is 0.997. The molecule has 0 fully saturated rings. The third kappa shape index (κ3) is 3.89. The van der Waals surface area contributed by atoms with E-state index in [1.165, 1.54) is 0 Å². The largest absolute Gasteiger partial charge is 0.126 e. The highest BCUT2D eigenvalue weighted by Gasteiger charge is 2.33. The van der Waals surface area contributed by atoms with E-state index in [4.69, 9.17) is 46.4 Å². The summed E-state index contributed by atoms with van der Waals surface area (Å²) in [5.41, 5.74) is 1.68. The van der Waals surface area contributed by atoms with Crippen molar-refractivity contribution >= 4 is 62.3 Å². The van der Waals surface area contributed by atoms with E-state index in [-0.39, 0.29) is 5.41 Å². The number of alkyl halides is 2. The maximum atomic E-state index is 6.29. The second-order valence-electron chi connectivity index (χ2n) is 4.94. The van der Waals surface area contributed by atoms with Gasteiger partial charge in [-0.3, -0.25) is 0 Å². The maximum absolute atomic E-state index is 6.29. The van der Waals surface area contributed by atoms with E-state index in [9.17, 15) is 0 Å². The summed E-state index contributed by atoms with van der Waals surface area (Å²) in [6, 6.07) is 13.5. The first kappa shape index (κ1) is 17.4. The van der Waals surface area contributed by atoms with Crippen LogP contribution in [0.2, 0.25) is 10.0 Å². The van der Waals surface area contributed by atoms with E-state index < -0.39 is 0 Å². The van der Waals surface area contributed by atoms with Gasteiger partial charge in [-0.15, -0.1) is 23.2 Å². The fourth-order valence-corrected chi connectivity index (χ4v) is 4.23. The molecule has 0 nitrogen and oxygen atoms in total. The molecule has 5 heteroatoms. The van der Waals surface area contributed by atoms with Gasteiger partial charge in [-0.2, -0.15) is 0 Å². The Morgan fingerprint density at radius 3 is 2.19 bits per heavy atom. The van der Waals surface area contributed by atoms with Crippen LogP contribution >= 0.6 is 62.3 Å². The molecule has 0 spiro atoms. The number of halogens is 5. The van der Waals surface area contributed by atoms with E-state index in [0.29, 0.717) is 28.2 Å². The van der Waals surface area contributed by atoms with Crippen LogP contribution in [0.3, 0.4) is 0 Å². The third-order valence-corrected chi connectivity index (χ3v) is 5.80. The molecule has 21 heavy (non-hydrogen) atoms. The van der Waals surface area contributed by atoms with Gasteiger partial charge in [0, 0.05) is 31.7 Å². The van der Waals surface area contributed by atoms with Crippen molar-refractivity contribution in [3.63, 3.8) is 0 Å². The Morgan fingerprint density at radius 2 is 1.62 bits per heavy atom. The maximum Gasteiger partial charge on any atom is 0.0453 e. The molecule has 2 aromatic carbocycles. The molecule has 0 unspecified atom stereocenters. The van der Waals surface area contributed by atoms with Crippen LogP contribution in [-0.4, -0.2) is 11.8 Å². The van der Waals surface area contributed by atoms with Gasteiger partial charge < -0.3 is 0 Å². The van der Waals surface area contributed by atoms with Crippen molar-refractivity contribution < 1.29 is 0 Å². The van der Waals surface area contributed by atoms with Crippen molar-refractivity contribution in [2.24, 2.45) is 0 Å². The molecule has 0 aliphatic heterocycles. The zero-order chi connectivity index (χ0) is 15.5. The minimum atomic E-state index is -0.388. The Labute approximate surface area is 153 Å². The summed E-state index contributed by atoms with van der Waals surface area (Å²) in [7, 11) is 0. The van der Waals surface area contributed by atoms with Crippen LogP contribution in [0, 0.1) is 0 Å². The first-order valence-electron chi connectivity index (χ1n) is 6.33. The Kier molecular flexibility index (Phi) is 6.28. The lowest BCUT2D eigenvalue weighted by Crippen LogP contribution is -2.33. The minimum Gasteiger partial charge on any atom is -0.126 e. The van der Waals surface area contributed by atoms with E-state index in [1.54, 1.807) is 6.07 Å². The molecule has 0 aromatic heterocycles. The Morgan fingerprint density at radius 1 is 0.952 bits per heavy atom. The highest BCUT2D eigenvalue weighted by molar-refractivity contribution is 9.10. The minimum absolute atomic E-state index is 0.388. The fraction of sp³-hybridized carbons (Fsp3) is 0.250. The van der Waals surface area contributed by atoms with Crippen molar-refractivity contribution in [2.45, 2.75) is 11.8 Å². The van der Waals surface area contributed by atoms with Crippen molar-refractivity contribution in [1.29, 1.82) is 0 Å². The molecule has 0 aliphatic carbocycles. The molecule has 0 N–H and O–H groups in total. The topological polar surface area (TPSA) is 0 Å². The van der Waals surface area contributed by atoms with Crippen molar-refractivity contribution in [3.05, 3.63) is 68.1 Å². The lowest BCUT2D eigenvalue weighted by molar-refractivity contribution is 0.534. The van der Waals surface area contributed by atoms with Gasteiger partial charge >= 0.3 is 0 Å². The Balaban J connectivity index is 2.46. The van der Waals surface area contributed by atoms with Crippen molar-refractivity contribution in [1.82, 2.24) is 0 Å². The van der Waals surface area contributed by atoms with Gasteiger partial charge in [-0.05, 0) is 35.7 Å². The Bertz CT molecular complexity index is 623. The molecule has 0 atom stereocenters. The van der Waals surface area contributed by atoms with Gasteiger partial charge in [0.05, 0.1) is 0 Å². The lowest BCUT2D eigenvalue weighted by Gasteiger charge is -2.31. The lowest BCUT2D eigenvalue weighted by atomic mass is 9.78. The standard InChI is InChI=1S/C16H13BrCl4/c17-14-4-2-1-3-13(14)16(9-18,10-19)8-11-5-6-12(20)7-15(11)21/h1-7H,8-10H2. The summed E-state index contributed by atoms with van der Waals surface area (Å²) in [6.45, 7) is 0. The Hall–Kier alpha value is 0.0800. The molecule has 0 bridgehead atoms. The van der Waals surface area contributed by atoms with Gasteiger partial charge in [-0.1, -0.05) is 63.4 Å². The zero-order valence-corrected chi connectivity index (χ0v) is 15.7. The summed E-state index contributed by atoms with van der Waals surface area (Å²) >= 11 is 28.4. The second kappa shape index (κ2) is 7.57. The van der Waals surface area contributed by atoms with Gasteiger partial charge in [0.25, 0.3) is 0 Å². The van der Waals surface area contributed by atoms with Crippen LogP contribution in [-0.2, 0) is 11.8 Å². The molecule has 112 valence electrons. The number of rotatable bonds is 5. The number of hydrogen-bond donors (Lipinski definition) is 0. The van der Waals surface area contributed by atoms with Crippen LogP contribution in [0.15, 0.2) is 46.9 Å². The van der Waals surface area contributed by atoms with Crippen LogP contribution in [0.1, 0.15) is 11.1 Å². The van der Waals surface area contributed by atoms with E-state index in [0.717, 1.165) is 15.6 Å². The monoisotopic (exact) mass is 424 g/mol. The van der Waals surface area contributed by atoms with Crippen LogP contribution in [0.4, 0.5) is 0 Å². The van der Waals surface area contributed by atoms with E-state index in [2.05, 4.69) is 15.9 Å². The highest BCUT2D eigenvalue weighted by Crippen LogP contribution is 2.37. The molecule has 0 aliphatic rings. The SMILES string of the molecule is ClCC(CCl)(Cc1ccc(Cl)cc1Cl)c1ccccc1Br. The molecule has 0 saturated carbocycles. The van der Waals surface area contributed by atoms with Crippen LogP contribution < -0.4 is 0 Å². The molecule has 2 rings (SSSR count). The molecule has 0 heterocycles. The third-order valence-electron chi connectivity index (χ3n) is 3.50. The summed E-state index contributed by atoms with van der Waals surface area (Å²) in [5, 5.41) is 1.25. The van der Waals surface area contributed by atoms with Gasteiger partial charge in [0.2, 0.25) is 0 Å². The quantitative estimate of drug-likeness (QED) is 0.466.